The van der Waals surface area contributed by atoms with Gasteiger partial charge < -0.3 is 14.5 Å². The summed E-state index contributed by atoms with van der Waals surface area (Å²) < 4.78 is 7.63. The lowest BCUT2D eigenvalue weighted by Gasteiger charge is -2.32. The van der Waals surface area contributed by atoms with Crippen molar-refractivity contribution in [3.8, 4) is 5.75 Å². The van der Waals surface area contributed by atoms with Crippen molar-refractivity contribution in [1.29, 1.82) is 0 Å². The minimum Gasteiger partial charge on any atom is -0.496 e. The van der Waals surface area contributed by atoms with Crippen LogP contribution in [0.5, 0.6) is 5.75 Å². The third-order valence-electron chi connectivity index (χ3n) is 5.30. The van der Waals surface area contributed by atoms with Crippen LogP contribution in [0.1, 0.15) is 28.9 Å². The first-order valence-corrected chi connectivity index (χ1v) is 9.63. The second-order valence-corrected chi connectivity index (χ2v) is 7.48. The third kappa shape index (κ3) is 4.86. The van der Waals surface area contributed by atoms with E-state index in [-0.39, 0.29) is 0 Å². The SMILES string of the molecule is COc1ccc(CCCN2CCN(C)CC2)cc1Cn1nc(C)cc1C. The van der Waals surface area contributed by atoms with Gasteiger partial charge in [0.25, 0.3) is 0 Å². The number of nitrogens with zero attached hydrogens (tertiary/aromatic N) is 4. The predicted octanol–water partition coefficient (Wildman–Crippen LogP) is 2.74. The molecule has 0 atom stereocenters. The van der Waals surface area contributed by atoms with E-state index < -0.39 is 0 Å². The first kappa shape index (κ1) is 18.9. The van der Waals surface area contributed by atoms with Crippen LogP contribution in [0.4, 0.5) is 0 Å². The predicted molar refractivity (Wildman–Crippen MR) is 106 cm³/mol. The minimum absolute atomic E-state index is 0.759. The number of hydrogen-bond donors (Lipinski definition) is 0. The molecule has 1 aromatic carbocycles. The number of likely N-dealkylation sites (N-methyl/N-ethyl adjacent to an activating group) is 1. The summed E-state index contributed by atoms with van der Waals surface area (Å²) in [6.07, 6.45) is 2.32. The summed E-state index contributed by atoms with van der Waals surface area (Å²) in [6, 6.07) is 8.71. The Kier molecular flexibility index (Phi) is 6.33. The molecular formula is C21H32N4O. The molecule has 0 bridgehead atoms. The summed E-state index contributed by atoms with van der Waals surface area (Å²) in [5.74, 6) is 0.945. The fourth-order valence-corrected chi connectivity index (χ4v) is 3.69. The van der Waals surface area contributed by atoms with Gasteiger partial charge in [-0.1, -0.05) is 12.1 Å². The van der Waals surface area contributed by atoms with Crippen molar-refractivity contribution < 1.29 is 4.74 Å². The normalized spacial score (nSPS) is 16.2. The summed E-state index contributed by atoms with van der Waals surface area (Å²) in [5.41, 5.74) is 4.84. The number of hydrogen-bond acceptors (Lipinski definition) is 4. The van der Waals surface area contributed by atoms with Gasteiger partial charge in [-0.3, -0.25) is 4.68 Å². The molecule has 5 heteroatoms. The van der Waals surface area contributed by atoms with Crippen molar-refractivity contribution in [1.82, 2.24) is 19.6 Å². The first-order valence-electron chi connectivity index (χ1n) is 9.63. The monoisotopic (exact) mass is 356 g/mol. The summed E-state index contributed by atoms with van der Waals surface area (Å²) in [5, 5.41) is 4.59. The molecule has 26 heavy (non-hydrogen) atoms. The van der Waals surface area contributed by atoms with Crippen molar-refractivity contribution in [2.24, 2.45) is 0 Å². The summed E-state index contributed by atoms with van der Waals surface area (Å²) >= 11 is 0. The van der Waals surface area contributed by atoms with Gasteiger partial charge in [0.2, 0.25) is 0 Å². The molecule has 142 valence electrons. The Morgan fingerprint density at radius 3 is 2.50 bits per heavy atom. The van der Waals surface area contributed by atoms with Crippen LogP contribution in [0.2, 0.25) is 0 Å². The Bertz CT molecular complexity index is 717. The van der Waals surface area contributed by atoms with Crippen LogP contribution in [0.15, 0.2) is 24.3 Å². The lowest BCUT2D eigenvalue weighted by molar-refractivity contribution is 0.153. The Balaban J connectivity index is 1.60. The maximum absolute atomic E-state index is 5.57. The molecule has 3 rings (SSSR count). The van der Waals surface area contributed by atoms with E-state index in [9.17, 15) is 0 Å². The van der Waals surface area contributed by atoms with Gasteiger partial charge in [-0.15, -0.1) is 0 Å². The number of methoxy groups -OCH3 is 1. The minimum atomic E-state index is 0.759. The molecule has 1 aliphatic rings. The Morgan fingerprint density at radius 2 is 1.85 bits per heavy atom. The smallest absolute Gasteiger partial charge is 0.123 e. The maximum atomic E-state index is 5.57. The summed E-state index contributed by atoms with van der Waals surface area (Å²) in [6.45, 7) is 10.9. The fourth-order valence-electron chi connectivity index (χ4n) is 3.69. The van der Waals surface area contributed by atoms with E-state index in [2.05, 4.69) is 57.8 Å². The van der Waals surface area contributed by atoms with E-state index in [0.717, 1.165) is 24.4 Å². The van der Waals surface area contributed by atoms with Crippen LogP contribution in [0, 0.1) is 13.8 Å². The Hall–Kier alpha value is -1.85. The van der Waals surface area contributed by atoms with Crippen LogP contribution in [-0.2, 0) is 13.0 Å². The quantitative estimate of drug-likeness (QED) is 0.764. The number of aryl methyl sites for hydroxylation is 3. The second-order valence-electron chi connectivity index (χ2n) is 7.48. The molecule has 1 aromatic heterocycles. The molecule has 0 N–H and O–H groups in total. The van der Waals surface area contributed by atoms with Gasteiger partial charge in [-0.2, -0.15) is 5.10 Å². The Labute approximate surface area is 157 Å². The number of ether oxygens (including phenoxy) is 1. The molecular weight excluding hydrogens is 324 g/mol. The highest BCUT2D eigenvalue weighted by molar-refractivity contribution is 5.37. The molecule has 2 heterocycles. The molecule has 0 amide bonds. The standard InChI is InChI=1S/C21H32N4O/c1-17-14-18(2)25(22-17)16-20-15-19(7-8-21(20)26-4)6-5-9-24-12-10-23(3)11-13-24/h7-8,14-15H,5-6,9-13,16H2,1-4H3. The molecule has 1 aliphatic heterocycles. The van der Waals surface area contributed by atoms with E-state index in [1.807, 2.05) is 6.92 Å². The van der Waals surface area contributed by atoms with E-state index in [4.69, 9.17) is 4.74 Å². The average molecular weight is 357 g/mol. The van der Waals surface area contributed by atoms with Gasteiger partial charge in [-0.05, 0) is 58.0 Å². The van der Waals surface area contributed by atoms with Gasteiger partial charge in [-0.25, -0.2) is 0 Å². The van der Waals surface area contributed by atoms with E-state index in [1.165, 1.54) is 56.0 Å². The van der Waals surface area contributed by atoms with Crippen LogP contribution >= 0.6 is 0 Å². The fraction of sp³-hybridized carbons (Fsp3) is 0.571. The van der Waals surface area contributed by atoms with Crippen LogP contribution in [0.25, 0.3) is 0 Å². The zero-order chi connectivity index (χ0) is 18.5. The summed E-state index contributed by atoms with van der Waals surface area (Å²) in [7, 11) is 3.95. The van der Waals surface area contributed by atoms with E-state index in [0.29, 0.717) is 0 Å². The van der Waals surface area contributed by atoms with Gasteiger partial charge in [0.15, 0.2) is 0 Å². The zero-order valence-electron chi connectivity index (χ0n) is 16.7. The van der Waals surface area contributed by atoms with E-state index in [1.54, 1.807) is 7.11 Å². The number of benzene rings is 1. The molecule has 0 radical (unpaired) electrons. The lowest BCUT2D eigenvalue weighted by atomic mass is 10.0. The average Bonchev–Trinajstić information content (AvgIpc) is 2.94. The van der Waals surface area contributed by atoms with Crippen molar-refractivity contribution in [2.45, 2.75) is 33.2 Å². The topological polar surface area (TPSA) is 33.5 Å². The molecule has 0 spiro atoms. The molecule has 0 unspecified atom stereocenters. The molecule has 0 aliphatic carbocycles. The van der Waals surface area contributed by atoms with Crippen LogP contribution in [-0.4, -0.2) is 66.5 Å². The Morgan fingerprint density at radius 1 is 1.08 bits per heavy atom. The van der Waals surface area contributed by atoms with Gasteiger partial charge in [0.05, 0.1) is 19.3 Å². The maximum Gasteiger partial charge on any atom is 0.123 e. The van der Waals surface area contributed by atoms with Gasteiger partial charge >= 0.3 is 0 Å². The summed E-state index contributed by atoms with van der Waals surface area (Å²) in [4.78, 5) is 4.99. The van der Waals surface area contributed by atoms with Crippen molar-refractivity contribution in [3.63, 3.8) is 0 Å². The van der Waals surface area contributed by atoms with E-state index >= 15 is 0 Å². The number of rotatable bonds is 7. The molecule has 1 saturated heterocycles. The van der Waals surface area contributed by atoms with Crippen molar-refractivity contribution in [2.75, 3.05) is 46.9 Å². The molecule has 0 saturated carbocycles. The largest absolute Gasteiger partial charge is 0.496 e. The highest BCUT2D eigenvalue weighted by atomic mass is 16.5. The zero-order valence-corrected chi connectivity index (χ0v) is 16.7. The van der Waals surface area contributed by atoms with Crippen molar-refractivity contribution >= 4 is 0 Å². The molecule has 5 nitrogen and oxygen atoms in total. The number of piperazine rings is 1. The van der Waals surface area contributed by atoms with Gasteiger partial charge in [0.1, 0.15) is 5.75 Å². The first-order chi connectivity index (χ1) is 12.5. The highest BCUT2D eigenvalue weighted by Crippen LogP contribution is 2.22. The van der Waals surface area contributed by atoms with Crippen molar-refractivity contribution in [3.05, 3.63) is 46.8 Å². The third-order valence-corrected chi connectivity index (χ3v) is 5.30. The van der Waals surface area contributed by atoms with Gasteiger partial charge in [0, 0.05) is 37.4 Å². The molecule has 2 aromatic rings. The second kappa shape index (κ2) is 8.69. The highest BCUT2D eigenvalue weighted by Gasteiger charge is 2.13. The molecule has 1 fully saturated rings. The number of aromatic nitrogens is 2. The van der Waals surface area contributed by atoms with Crippen LogP contribution < -0.4 is 4.74 Å². The van der Waals surface area contributed by atoms with Crippen LogP contribution in [0.3, 0.4) is 0 Å². The lowest BCUT2D eigenvalue weighted by Crippen LogP contribution is -2.44.